The van der Waals surface area contributed by atoms with Crippen LogP contribution in [0.2, 0.25) is 0 Å². The average molecular weight is 235 g/mol. The van der Waals surface area contributed by atoms with Crippen molar-refractivity contribution in [1.82, 2.24) is 4.98 Å². The van der Waals surface area contributed by atoms with Gasteiger partial charge in [0.2, 0.25) is 0 Å². The number of aromatic nitrogens is 1. The van der Waals surface area contributed by atoms with E-state index < -0.39 is 6.10 Å². The number of hydrogen-bond donors (Lipinski definition) is 1. The standard InChI is InChI=1S/C14H21NO2/c1-11-8-12(10-15-9-11)14(16)6-5-13-4-2-3-7-17-13/h8-10,13-14,16H,2-7H2,1H3. The van der Waals surface area contributed by atoms with Crippen molar-refractivity contribution in [3.8, 4) is 0 Å². The van der Waals surface area contributed by atoms with Gasteiger partial charge in [-0.1, -0.05) is 6.07 Å². The van der Waals surface area contributed by atoms with Crippen molar-refractivity contribution in [1.29, 1.82) is 0 Å². The lowest BCUT2D eigenvalue weighted by Crippen LogP contribution is -2.19. The molecule has 1 fully saturated rings. The van der Waals surface area contributed by atoms with Crippen molar-refractivity contribution in [3.05, 3.63) is 29.6 Å². The van der Waals surface area contributed by atoms with Gasteiger partial charge >= 0.3 is 0 Å². The number of aryl methyl sites for hydroxylation is 1. The second kappa shape index (κ2) is 6.12. The lowest BCUT2D eigenvalue weighted by molar-refractivity contribution is 0.00211. The van der Waals surface area contributed by atoms with E-state index in [9.17, 15) is 5.11 Å². The zero-order chi connectivity index (χ0) is 12.1. The van der Waals surface area contributed by atoms with Crippen LogP contribution in [0.3, 0.4) is 0 Å². The van der Waals surface area contributed by atoms with E-state index in [1.54, 1.807) is 12.4 Å². The van der Waals surface area contributed by atoms with E-state index in [4.69, 9.17) is 4.74 Å². The van der Waals surface area contributed by atoms with Gasteiger partial charge in [0.1, 0.15) is 0 Å². The zero-order valence-corrected chi connectivity index (χ0v) is 10.4. The normalized spacial score (nSPS) is 22.4. The molecule has 0 spiro atoms. The molecule has 1 aromatic rings. The first kappa shape index (κ1) is 12.5. The number of hydrogen-bond acceptors (Lipinski definition) is 3. The van der Waals surface area contributed by atoms with Crippen LogP contribution in [0.1, 0.15) is 49.3 Å². The molecule has 0 aliphatic carbocycles. The van der Waals surface area contributed by atoms with E-state index in [-0.39, 0.29) is 0 Å². The zero-order valence-electron chi connectivity index (χ0n) is 10.4. The summed E-state index contributed by atoms with van der Waals surface area (Å²) in [5.74, 6) is 0. The smallest absolute Gasteiger partial charge is 0.0806 e. The molecule has 0 radical (unpaired) electrons. The maximum absolute atomic E-state index is 10.1. The van der Waals surface area contributed by atoms with Gasteiger partial charge in [0, 0.05) is 19.0 Å². The summed E-state index contributed by atoms with van der Waals surface area (Å²) < 4.78 is 5.66. The second-order valence-corrected chi connectivity index (χ2v) is 4.88. The van der Waals surface area contributed by atoms with Gasteiger partial charge in [-0.25, -0.2) is 0 Å². The van der Waals surface area contributed by atoms with Crippen molar-refractivity contribution in [2.24, 2.45) is 0 Å². The van der Waals surface area contributed by atoms with Crippen LogP contribution >= 0.6 is 0 Å². The molecule has 0 bridgehead atoms. The van der Waals surface area contributed by atoms with E-state index in [0.717, 1.165) is 37.0 Å². The first-order valence-electron chi connectivity index (χ1n) is 6.47. The highest BCUT2D eigenvalue weighted by Gasteiger charge is 2.16. The fourth-order valence-corrected chi connectivity index (χ4v) is 2.31. The second-order valence-electron chi connectivity index (χ2n) is 4.88. The van der Waals surface area contributed by atoms with Crippen molar-refractivity contribution < 1.29 is 9.84 Å². The van der Waals surface area contributed by atoms with E-state index in [1.165, 1.54) is 12.8 Å². The molecule has 2 rings (SSSR count). The van der Waals surface area contributed by atoms with Gasteiger partial charge in [0.05, 0.1) is 12.2 Å². The topological polar surface area (TPSA) is 42.4 Å². The molecule has 0 saturated carbocycles. The first-order valence-corrected chi connectivity index (χ1v) is 6.47. The van der Waals surface area contributed by atoms with Crippen molar-refractivity contribution >= 4 is 0 Å². The summed E-state index contributed by atoms with van der Waals surface area (Å²) in [6, 6.07) is 2.00. The largest absolute Gasteiger partial charge is 0.388 e. The molecule has 1 aliphatic rings. The Morgan fingerprint density at radius 1 is 1.47 bits per heavy atom. The van der Waals surface area contributed by atoms with Gasteiger partial charge < -0.3 is 9.84 Å². The molecular formula is C14H21NO2. The molecular weight excluding hydrogens is 214 g/mol. The molecule has 94 valence electrons. The Bertz CT molecular complexity index is 348. The van der Waals surface area contributed by atoms with Gasteiger partial charge in [0.15, 0.2) is 0 Å². The van der Waals surface area contributed by atoms with Gasteiger partial charge in [-0.05, 0) is 50.2 Å². The van der Waals surface area contributed by atoms with Crippen LogP contribution in [0, 0.1) is 6.92 Å². The van der Waals surface area contributed by atoms with Crippen LogP contribution in [0.15, 0.2) is 18.5 Å². The Morgan fingerprint density at radius 2 is 2.35 bits per heavy atom. The first-order chi connectivity index (χ1) is 8.25. The summed E-state index contributed by atoms with van der Waals surface area (Å²) in [5.41, 5.74) is 2.01. The fourth-order valence-electron chi connectivity index (χ4n) is 2.31. The number of ether oxygens (including phenoxy) is 1. The van der Waals surface area contributed by atoms with E-state index in [0.29, 0.717) is 6.10 Å². The minimum absolute atomic E-state index is 0.344. The van der Waals surface area contributed by atoms with Crippen LogP contribution < -0.4 is 0 Å². The van der Waals surface area contributed by atoms with Gasteiger partial charge in [0.25, 0.3) is 0 Å². The molecule has 17 heavy (non-hydrogen) atoms. The van der Waals surface area contributed by atoms with Gasteiger partial charge in [-0.3, -0.25) is 4.98 Å². The molecule has 2 heterocycles. The lowest BCUT2D eigenvalue weighted by atomic mass is 9.99. The van der Waals surface area contributed by atoms with Crippen LogP contribution in [0.25, 0.3) is 0 Å². The molecule has 3 heteroatoms. The van der Waals surface area contributed by atoms with Crippen molar-refractivity contribution in [2.75, 3.05) is 6.61 Å². The van der Waals surface area contributed by atoms with Crippen LogP contribution in [0.5, 0.6) is 0 Å². The molecule has 3 nitrogen and oxygen atoms in total. The Hall–Kier alpha value is -0.930. The summed E-state index contributed by atoms with van der Waals surface area (Å²) in [5, 5.41) is 10.1. The number of rotatable bonds is 4. The number of aliphatic hydroxyl groups is 1. The van der Waals surface area contributed by atoms with Gasteiger partial charge in [-0.15, -0.1) is 0 Å². The molecule has 0 amide bonds. The van der Waals surface area contributed by atoms with E-state index >= 15 is 0 Å². The molecule has 1 aliphatic heterocycles. The summed E-state index contributed by atoms with van der Waals surface area (Å²) in [6.45, 7) is 2.88. The monoisotopic (exact) mass is 235 g/mol. The molecule has 1 N–H and O–H groups in total. The summed E-state index contributed by atoms with van der Waals surface area (Å²) in [6.07, 6.45) is 8.76. The highest BCUT2D eigenvalue weighted by Crippen LogP contribution is 2.23. The van der Waals surface area contributed by atoms with Crippen LogP contribution in [-0.2, 0) is 4.74 Å². The Morgan fingerprint density at radius 3 is 3.06 bits per heavy atom. The Balaban J connectivity index is 1.82. The number of pyridine rings is 1. The average Bonchev–Trinajstić information content (AvgIpc) is 2.37. The van der Waals surface area contributed by atoms with E-state index in [1.807, 2.05) is 13.0 Å². The highest BCUT2D eigenvalue weighted by molar-refractivity contribution is 5.18. The summed E-state index contributed by atoms with van der Waals surface area (Å²) in [7, 11) is 0. The minimum atomic E-state index is -0.409. The van der Waals surface area contributed by atoms with Gasteiger partial charge in [-0.2, -0.15) is 0 Å². The number of nitrogens with zero attached hydrogens (tertiary/aromatic N) is 1. The van der Waals surface area contributed by atoms with Crippen molar-refractivity contribution in [3.63, 3.8) is 0 Å². The summed E-state index contributed by atoms with van der Waals surface area (Å²) in [4.78, 5) is 4.11. The highest BCUT2D eigenvalue weighted by atomic mass is 16.5. The van der Waals surface area contributed by atoms with Crippen LogP contribution in [-0.4, -0.2) is 22.8 Å². The summed E-state index contributed by atoms with van der Waals surface area (Å²) >= 11 is 0. The third-order valence-corrected chi connectivity index (χ3v) is 3.32. The third kappa shape index (κ3) is 3.79. The molecule has 0 aromatic carbocycles. The Kier molecular flexibility index (Phi) is 4.51. The molecule has 1 aromatic heterocycles. The SMILES string of the molecule is Cc1cncc(C(O)CCC2CCCCO2)c1. The quantitative estimate of drug-likeness (QED) is 0.872. The fraction of sp³-hybridized carbons (Fsp3) is 0.643. The number of aliphatic hydroxyl groups excluding tert-OH is 1. The molecule has 1 saturated heterocycles. The molecule has 2 unspecified atom stereocenters. The van der Waals surface area contributed by atoms with Crippen molar-refractivity contribution in [2.45, 2.75) is 51.2 Å². The van der Waals surface area contributed by atoms with E-state index in [2.05, 4.69) is 4.98 Å². The minimum Gasteiger partial charge on any atom is -0.388 e. The lowest BCUT2D eigenvalue weighted by Gasteiger charge is -2.23. The third-order valence-electron chi connectivity index (χ3n) is 3.32. The van der Waals surface area contributed by atoms with Crippen LogP contribution in [0.4, 0.5) is 0 Å². The maximum atomic E-state index is 10.1. The predicted molar refractivity (Wildman–Crippen MR) is 66.8 cm³/mol. The maximum Gasteiger partial charge on any atom is 0.0806 e. The molecule has 2 atom stereocenters. The predicted octanol–water partition coefficient (Wildman–Crippen LogP) is 2.77. The Labute approximate surface area is 103 Å².